The zero-order chi connectivity index (χ0) is 21.5. The Balaban J connectivity index is 1.19. The molecule has 1 aromatic carbocycles. The summed E-state index contributed by atoms with van der Waals surface area (Å²) in [6.45, 7) is 3.81. The van der Waals surface area contributed by atoms with Crippen LogP contribution in [-0.4, -0.2) is 49.7 Å². The summed E-state index contributed by atoms with van der Waals surface area (Å²) in [6, 6.07) is 12.6. The highest BCUT2D eigenvalue weighted by molar-refractivity contribution is 5.90. The molecule has 0 radical (unpaired) electrons. The molecule has 0 saturated heterocycles. The van der Waals surface area contributed by atoms with E-state index in [0.29, 0.717) is 6.04 Å². The molecule has 3 aromatic rings. The third-order valence-electron chi connectivity index (χ3n) is 5.98. The standard InChI is InChI=1S/C24H34N6O/c1-30(2)23-21-7-3-4-8-22(21)28-24(29-23)27-19-11-9-18(10-12-19)16-25-13-14-26-17-20-6-5-15-31-20/h3-8,15,18-19,25-26H,9-14,16-17H2,1-2H3,(H,27,28,29). The number of aromatic nitrogens is 2. The average molecular weight is 423 g/mol. The van der Waals surface area contributed by atoms with Gasteiger partial charge in [0.25, 0.3) is 0 Å². The van der Waals surface area contributed by atoms with E-state index in [1.54, 1.807) is 6.26 Å². The molecule has 7 heteroatoms. The number of hydrogen-bond donors (Lipinski definition) is 3. The van der Waals surface area contributed by atoms with Crippen LogP contribution in [0.4, 0.5) is 11.8 Å². The maximum Gasteiger partial charge on any atom is 0.225 e. The molecule has 2 aromatic heterocycles. The molecule has 0 spiro atoms. The van der Waals surface area contributed by atoms with Crippen molar-refractivity contribution in [1.29, 1.82) is 0 Å². The first kappa shape index (κ1) is 21.6. The number of para-hydroxylation sites is 1. The second kappa shape index (κ2) is 10.6. The van der Waals surface area contributed by atoms with Crippen molar-refractivity contribution >= 4 is 22.7 Å². The Hall–Kier alpha value is -2.64. The minimum atomic E-state index is 0.447. The first-order valence-corrected chi connectivity index (χ1v) is 11.3. The third kappa shape index (κ3) is 5.95. The highest BCUT2D eigenvalue weighted by Gasteiger charge is 2.22. The number of hydrogen-bond acceptors (Lipinski definition) is 7. The fraction of sp³-hybridized carbons (Fsp3) is 0.500. The van der Waals surface area contributed by atoms with Gasteiger partial charge in [-0.05, 0) is 62.4 Å². The van der Waals surface area contributed by atoms with Crippen LogP contribution in [0.3, 0.4) is 0 Å². The van der Waals surface area contributed by atoms with Gasteiger partial charge >= 0.3 is 0 Å². The summed E-state index contributed by atoms with van der Waals surface area (Å²) in [5.74, 6) is 3.44. The molecule has 3 N–H and O–H groups in total. The Labute approximate surface area is 184 Å². The van der Waals surface area contributed by atoms with Gasteiger partial charge in [-0.2, -0.15) is 4.98 Å². The number of nitrogens with zero attached hydrogens (tertiary/aromatic N) is 3. The van der Waals surface area contributed by atoms with Crippen molar-refractivity contribution in [2.45, 2.75) is 38.3 Å². The molecule has 0 unspecified atom stereocenters. The number of nitrogens with one attached hydrogen (secondary N) is 3. The van der Waals surface area contributed by atoms with E-state index in [1.807, 2.05) is 38.4 Å². The van der Waals surface area contributed by atoms with E-state index >= 15 is 0 Å². The Kier molecular flexibility index (Phi) is 7.38. The summed E-state index contributed by atoms with van der Waals surface area (Å²) < 4.78 is 5.33. The highest BCUT2D eigenvalue weighted by atomic mass is 16.3. The van der Waals surface area contributed by atoms with E-state index in [9.17, 15) is 0 Å². The predicted molar refractivity (Wildman–Crippen MR) is 127 cm³/mol. The first-order valence-electron chi connectivity index (χ1n) is 11.3. The molecule has 31 heavy (non-hydrogen) atoms. The van der Waals surface area contributed by atoms with Gasteiger partial charge in [0.1, 0.15) is 11.6 Å². The number of benzene rings is 1. The van der Waals surface area contributed by atoms with Gasteiger partial charge in [0.2, 0.25) is 5.95 Å². The summed E-state index contributed by atoms with van der Waals surface area (Å²) in [5, 5.41) is 11.7. The van der Waals surface area contributed by atoms with Crippen LogP contribution in [-0.2, 0) is 6.54 Å². The van der Waals surface area contributed by atoms with E-state index in [1.165, 1.54) is 12.8 Å². The van der Waals surface area contributed by atoms with E-state index in [-0.39, 0.29) is 0 Å². The lowest BCUT2D eigenvalue weighted by molar-refractivity contribution is 0.324. The van der Waals surface area contributed by atoms with Crippen molar-refractivity contribution in [2.75, 3.05) is 43.9 Å². The van der Waals surface area contributed by atoms with Crippen molar-refractivity contribution in [3.05, 3.63) is 48.4 Å². The fourth-order valence-electron chi connectivity index (χ4n) is 4.27. The minimum Gasteiger partial charge on any atom is -0.468 e. The Bertz CT molecular complexity index is 934. The zero-order valence-electron chi connectivity index (χ0n) is 18.6. The maximum atomic E-state index is 5.33. The molecule has 1 aliphatic carbocycles. The predicted octanol–water partition coefficient (Wildman–Crippen LogP) is 3.64. The molecule has 0 aliphatic heterocycles. The normalized spacial score (nSPS) is 18.9. The van der Waals surface area contributed by atoms with Crippen LogP contribution in [0, 0.1) is 5.92 Å². The number of anilines is 2. The van der Waals surface area contributed by atoms with E-state index in [2.05, 4.69) is 33.0 Å². The van der Waals surface area contributed by atoms with Crippen LogP contribution in [0.5, 0.6) is 0 Å². The maximum absolute atomic E-state index is 5.33. The van der Waals surface area contributed by atoms with Gasteiger partial charge in [0.05, 0.1) is 18.3 Å². The van der Waals surface area contributed by atoms with Crippen LogP contribution in [0.2, 0.25) is 0 Å². The fourth-order valence-corrected chi connectivity index (χ4v) is 4.27. The highest BCUT2D eigenvalue weighted by Crippen LogP contribution is 2.28. The lowest BCUT2D eigenvalue weighted by Gasteiger charge is -2.29. The zero-order valence-corrected chi connectivity index (χ0v) is 18.6. The molecule has 166 valence electrons. The van der Waals surface area contributed by atoms with Crippen molar-refractivity contribution in [2.24, 2.45) is 5.92 Å². The smallest absolute Gasteiger partial charge is 0.225 e. The quantitative estimate of drug-likeness (QED) is 0.431. The molecule has 7 nitrogen and oxygen atoms in total. The lowest BCUT2D eigenvalue weighted by Crippen LogP contribution is -2.34. The van der Waals surface area contributed by atoms with Gasteiger partial charge in [-0.15, -0.1) is 0 Å². The van der Waals surface area contributed by atoms with Crippen molar-refractivity contribution < 1.29 is 4.42 Å². The molecular formula is C24H34N6O. The van der Waals surface area contributed by atoms with Gasteiger partial charge in [-0.25, -0.2) is 4.98 Å². The Morgan fingerprint density at radius 1 is 0.968 bits per heavy atom. The molecule has 4 rings (SSSR count). The van der Waals surface area contributed by atoms with Gasteiger partial charge in [0, 0.05) is 38.6 Å². The van der Waals surface area contributed by atoms with Crippen LogP contribution < -0.4 is 20.9 Å². The number of furan rings is 1. The van der Waals surface area contributed by atoms with E-state index < -0.39 is 0 Å². The van der Waals surface area contributed by atoms with Crippen molar-refractivity contribution in [3.8, 4) is 0 Å². The van der Waals surface area contributed by atoms with Crippen LogP contribution in [0.15, 0.2) is 47.1 Å². The summed E-state index contributed by atoms with van der Waals surface area (Å²) in [6.07, 6.45) is 6.51. The van der Waals surface area contributed by atoms with Crippen LogP contribution in [0.25, 0.3) is 10.9 Å². The third-order valence-corrected chi connectivity index (χ3v) is 5.98. The van der Waals surface area contributed by atoms with Crippen LogP contribution >= 0.6 is 0 Å². The first-order chi connectivity index (χ1) is 15.2. The monoisotopic (exact) mass is 422 g/mol. The summed E-state index contributed by atoms with van der Waals surface area (Å²) in [4.78, 5) is 11.6. The second-order valence-electron chi connectivity index (χ2n) is 8.60. The molecular weight excluding hydrogens is 388 g/mol. The topological polar surface area (TPSA) is 78.3 Å². The average Bonchev–Trinajstić information content (AvgIpc) is 3.30. The van der Waals surface area contributed by atoms with Gasteiger partial charge in [-0.1, -0.05) is 12.1 Å². The largest absolute Gasteiger partial charge is 0.468 e. The van der Waals surface area contributed by atoms with Crippen molar-refractivity contribution in [3.63, 3.8) is 0 Å². The minimum absolute atomic E-state index is 0.447. The van der Waals surface area contributed by atoms with E-state index in [0.717, 1.165) is 73.4 Å². The summed E-state index contributed by atoms with van der Waals surface area (Å²) in [5.41, 5.74) is 0.988. The summed E-state index contributed by atoms with van der Waals surface area (Å²) in [7, 11) is 4.06. The van der Waals surface area contributed by atoms with Gasteiger partial charge in [0.15, 0.2) is 0 Å². The Morgan fingerprint density at radius 3 is 2.55 bits per heavy atom. The van der Waals surface area contributed by atoms with Gasteiger partial charge in [-0.3, -0.25) is 0 Å². The molecule has 0 amide bonds. The van der Waals surface area contributed by atoms with Gasteiger partial charge < -0.3 is 25.3 Å². The molecule has 0 atom stereocenters. The number of rotatable bonds is 10. The van der Waals surface area contributed by atoms with Crippen molar-refractivity contribution in [1.82, 2.24) is 20.6 Å². The van der Waals surface area contributed by atoms with Crippen LogP contribution in [0.1, 0.15) is 31.4 Å². The number of fused-ring (bicyclic) bond motifs is 1. The molecule has 1 saturated carbocycles. The molecule has 2 heterocycles. The van der Waals surface area contributed by atoms with E-state index in [4.69, 9.17) is 14.4 Å². The molecule has 1 fully saturated rings. The SMILES string of the molecule is CN(C)c1nc(NC2CCC(CNCCNCc3ccco3)CC2)nc2ccccc12. The summed E-state index contributed by atoms with van der Waals surface area (Å²) >= 11 is 0. The second-order valence-corrected chi connectivity index (χ2v) is 8.60. The molecule has 1 aliphatic rings. The lowest BCUT2D eigenvalue weighted by atomic mass is 9.86. The Morgan fingerprint density at radius 2 is 1.77 bits per heavy atom. The molecule has 0 bridgehead atoms.